The molecule has 3 N–H and O–H groups in total. The standard InChI is InChI=1S/C39H48F6N4O4/c1-37(2,30-13-10-14-32(25-30)53-3)46-26-34(50)33(21-27-11-6-4-7-12-27)47-35(51)28-22-29(24-31(23-28)48-17-8-5-9-18-48)36(52)49(19-15-38(40,41)42)20-16-39(43,44)45/h4,6-7,10-14,22-25,33-34,46,50H,5,8-9,15-21,26H2,1-3H3,(H,47,51)/t33-,34+/m0/s1. The van der Waals surface area contributed by atoms with Crippen LogP contribution in [-0.4, -0.2) is 86.2 Å². The van der Waals surface area contributed by atoms with Crippen molar-refractivity contribution in [3.05, 3.63) is 95.1 Å². The van der Waals surface area contributed by atoms with Gasteiger partial charge in [0.15, 0.2) is 0 Å². The molecule has 14 heteroatoms. The zero-order chi connectivity index (χ0) is 38.8. The minimum absolute atomic E-state index is 0.0158. The van der Waals surface area contributed by atoms with Gasteiger partial charge in [0, 0.05) is 55.1 Å². The number of hydrogen-bond donors (Lipinski definition) is 3. The number of nitrogens with zero attached hydrogens (tertiary/aromatic N) is 2. The number of carbonyl (C=O) groups excluding carboxylic acids is 2. The van der Waals surface area contributed by atoms with Gasteiger partial charge in [-0.15, -0.1) is 0 Å². The Morgan fingerprint density at radius 3 is 2.08 bits per heavy atom. The second-order valence-corrected chi connectivity index (χ2v) is 13.9. The minimum atomic E-state index is -4.70. The van der Waals surface area contributed by atoms with Crippen LogP contribution in [-0.2, 0) is 12.0 Å². The first-order valence-electron chi connectivity index (χ1n) is 17.7. The van der Waals surface area contributed by atoms with Crippen molar-refractivity contribution in [2.24, 2.45) is 0 Å². The summed E-state index contributed by atoms with van der Waals surface area (Å²) >= 11 is 0. The first-order valence-corrected chi connectivity index (χ1v) is 17.7. The van der Waals surface area contributed by atoms with Crippen LogP contribution in [0.5, 0.6) is 5.75 Å². The molecular weight excluding hydrogens is 702 g/mol. The Hall–Kier alpha value is -4.30. The molecule has 1 fully saturated rings. The lowest BCUT2D eigenvalue weighted by Gasteiger charge is -2.32. The lowest BCUT2D eigenvalue weighted by molar-refractivity contribution is -0.143. The van der Waals surface area contributed by atoms with Crippen molar-refractivity contribution < 1.29 is 45.8 Å². The smallest absolute Gasteiger partial charge is 0.390 e. The van der Waals surface area contributed by atoms with Crippen molar-refractivity contribution in [2.75, 3.05) is 44.7 Å². The summed E-state index contributed by atoms with van der Waals surface area (Å²) in [6.07, 6.45) is -10.7. The van der Waals surface area contributed by atoms with Gasteiger partial charge in [0.2, 0.25) is 0 Å². The van der Waals surface area contributed by atoms with E-state index in [1.807, 2.05) is 73.3 Å². The molecular formula is C39H48F6N4O4. The Balaban J connectivity index is 1.64. The van der Waals surface area contributed by atoms with Crippen LogP contribution < -0.4 is 20.3 Å². The number of amides is 2. The van der Waals surface area contributed by atoms with Crippen LogP contribution in [0.3, 0.4) is 0 Å². The maximum Gasteiger partial charge on any atom is 0.390 e. The highest BCUT2D eigenvalue weighted by Crippen LogP contribution is 2.28. The van der Waals surface area contributed by atoms with Gasteiger partial charge in [-0.1, -0.05) is 42.5 Å². The van der Waals surface area contributed by atoms with Gasteiger partial charge < -0.3 is 30.3 Å². The molecule has 53 heavy (non-hydrogen) atoms. The van der Waals surface area contributed by atoms with Crippen molar-refractivity contribution in [1.29, 1.82) is 0 Å². The van der Waals surface area contributed by atoms with Crippen LogP contribution in [0.15, 0.2) is 72.8 Å². The molecule has 0 bridgehead atoms. The molecule has 8 nitrogen and oxygen atoms in total. The predicted octanol–water partition coefficient (Wildman–Crippen LogP) is 7.26. The molecule has 2 atom stereocenters. The summed E-state index contributed by atoms with van der Waals surface area (Å²) < 4.78 is 84.3. The molecule has 0 radical (unpaired) electrons. The second kappa shape index (κ2) is 18.2. The van der Waals surface area contributed by atoms with Gasteiger partial charge in [0.05, 0.1) is 32.1 Å². The van der Waals surface area contributed by atoms with Gasteiger partial charge in [-0.3, -0.25) is 9.59 Å². The normalized spacial score (nSPS) is 15.1. The molecule has 290 valence electrons. The SMILES string of the molecule is COc1cccc(C(C)(C)NC[C@@H](O)[C@H](Cc2ccccc2)NC(=O)c2cc(C(=O)N(CCC(F)(F)F)CCC(F)(F)F)cc(N3CCCCC3)c2)c1. The lowest BCUT2D eigenvalue weighted by atomic mass is 9.93. The molecule has 0 unspecified atom stereocenters. The number of carbonyl (C=O) groups is 2. The second-order valence-electron chi connectivity index (χ2n) is 13.9. The zero-order valence-electron chi connectivity index (χ0n) is 30.2. The Labute approximate surface area is 306 Å². The molecule has 1 heterocycles. The zero-order valence-corrected chi connectivity index (χ0v) is 30.2. The van der Waals surface area contributed by atoms with E-state index in [2.05, 4.69) is 10.6 Å². The van der Waals surface area contributed by atoms with E-state index in [1.165, 1.54) is 12.1 Å². The number of anilines is 1. The van der Waals surface area contributed by atoms with Gasteiger partial charge in [0.1, 0.15) is 5.75 Å². The summed E-state index contributed by atoms with van der Waals surface area (Å²) in [4.78, 5) is 30.2. The third kappa shape index (κ3) is 13.0. The molecule has 2 amide bonds. The van der Waals surface area contributed by atoms with Crippen molar-refractivity contribution in [1.82, 2.24) is 15.5 Å². The van der Waals surface area contributed by atoms with E-state index >= 15 is 0 Å². The van der Waals surface area contributed by atoms with E-state index in [1.54, 1.807) is 13.2 Å². The number of methoxy groups -OCH3 is 1. The highest BCUT2D eigenvalue weighted by molar-refractivity contribution is 6.01. The number of ether oxygens (including phenoxy) is 1. The number of piperidine rings is 1. The Bertz CT molecular complexity index is 1630. The summed E-state index contributed by atoms with van der Waals surface area (Å²) in [5.74, 6) is -1.04. The molecule has 4 rings (SSSR count). The minimum Gasteiger partial charge on any atom is -0.497 e. The molecule has 0 spiro atoms. The number of benzene rings is 3. The van der Waals surface area contributed by atoms with E-state index in [-0.39, 0.29) is 24.1 Å². The monoisotopic (exact) mass is 750 g/mol. The quantitative estimate of drug-likeness (QED) is 0.134. The van der Waals surface area contributed by atoms with Gasteiger partial charge in [-0.2, -0.15) is 26.3 Å². The van der Waals surface area contributed by atoms with Crippen LogP contribution in [0.25, 0.3) is 0 Å². The molecule has 3 aromatic rings. The highest BCUT2D eigenvalue weighted by atomic mass is 19.4. The highest BCUT2D eigenvalue weighted by Gasteiger charge is 2.34. The van der Waals surface area contributed by atoms with Crippen molar-refractivity contribution in [2.45, 2.75) is 82.4 Å². The third-order valence-electron chi connectivity index (χ3n) is 9.39. The van der Waals surface area contributed by atoms with E-state index in [0.717, 1.165) is 30.4 Å². The van der Waals surface area contributed by atoms with E-state index in [0.29, 0.717) is 29.4 Å². The Morgan fingerprint density at radius 1 is 0.849 bits per heavy atom. The number of halogens is 6. The van der Waals surface area contributed by atoms with Crippen LogP contribution in [0.4, 0.5) is 32.0 Å². The van der Waals surface area contributed by atoms with Crippen LogP contribution in [0, 0.1) is 0 Å². The Morgan fingerprint density at radius 2 is 1.47 bits per heavy atom. The Kier molecular flexibility index (Phi) is 14.2. The van der Waals surface area contributed by atoms with Crippen LogP contribution in [0.1, 0.15) is 77.8 Å². The number of aliphatic hydroxyl groups excluding tert-OH is 1. The fraction of sp³-hybridized carbons (Fsp3) is 0.487. The summed E-state index contributed by atoms with van der Waals surface area (Å²) in [6, 6.07) is 20.0. The number of hydrogen-bond acceptors (Lipinski definition) is 6. The summed E-state index contributed by atoms with van der Waals surface area (Å²) in [5, 5.41) is 17.8. The van der Waals surface area contributed by atoms with Gasteiger partial charge in [-0.25, -0.2) is 0 Å². The predicted molar refractivity (Wildman–Crippen MR) is 191 cm³/mol. The molecule has 1 aliphatic rings. The molecule has 0 aromatic heterocycles. The summed E-state index contributed by atoms with van der Waals surface area (Å²) in [5.41, 5.74) is 1.35. The molecule has 1 saturated heterocycles. The van der Waals surface area contributed by atoms with Crippen LogP contribution in [0.2, 0.25) is 0 Å². The first kappa shape index (κ1) is 41.5. The molecule has 1 aliphatic heterocycles. The maximum atomic E-state index is 14.0. The van der Waals surface area contributed by atoms with Crippen molar-refractivity contribution in [3.63, 3.8) is 0 Å². The number of aliphatic hydroxyl groups is 1. The maximum absolute atomic E-state index is 14.0. The van der Waals surface area contributed by atoms with Gasteiger partial charge in [-0.05, 0) is 81.0 Å². The number of nitrogens with one attached hydrogen (secondary N) is 2. The molecule has 3 aromatic carbocycles. The number of rotatable bonds is 16. The summed E-state index contributed by atoms with van der Waals surface area (Å²) in [6.45, 7) is 3.18. The lowest BCUT2D eigenvalue weighted by Crippen LogP contribution is -2.51. The van der Waals surface area contributed by atoms with E-state index in [9.17, 15) is 41.0 Å². The topological polar surface area (TPSA) is 94.1 Å². The van der Waals surface area contributed by atoms with Crippen molar-refractivity contribution in [3.8, 4) is 5.75 Å². The average molecular weight is 751 g/mol. The van der Waals surface area contributed by atoms with E-state index < -0.39 is 67.8 Å². The third-order valence-corrected chi connectivity index (χ3v) is 9.39. The van der Waals surface area contributed by atoms with Crippen LogP contribution >= 0.6 is 0 Å². The van der Waals surface area contributed by atoms with Crippen molar-refractivity contribution >= 4 is 17.5 Å². The molecule has 0 aliphatic carbocycles. The van der Waals surface area contributed by atoms with Gasteiger partial charge >= 0.3 is 12.4 Å². The van der Waals surface area contributed by atoms with E-state index in [4.69, 9.17) is 4.74 Å². The fourth-order valence-electron chi connectivity index (χ4n) is 6.24. The first-order chi connectivity index (χ1) is 24.9. The number of alkyl halides is 6. The average Bonchev–Trinajstić information content (AvgIpc) is 3.13. The molecule has 0 saturated carbocycles. The largest absolute Gasteiger partial charge is 0.497 e. The van der Waals surface area contributed by atoms with Gasteiger partial charge in [0.25, 0.3) is 11.8 Å². The summed E-state index contributed by atoms with van der Waals surface area (Å²) in [7, 11) is 1.57. The fourth-order valence-corrected chi connectivity index (χ4v) is 6.24.